The summed E-state index contributed by atoms with van der Waals surface area (Å²) in [6.07, 6.45) is 5.26. The Labute approximate surface area is 160 Å². The predicted octanol–water partition coefficient (Wildman–Crippen LogP) is 2.60. The Hall–Kier alpha value is -3.18. The highest BCUT2D eigenvalue weighted by Gasteiger charge is 2.23. The SMILES string of the molecule is COc1cccc(/C=N\NC(=O)C(=O)Nc2sc3c(c2C#N)CCCC3)c1. The van der Waals surface area contributed by atoms with E-state index in [0.717, 1.165) is 36.1 Å². The van der Waals surface area contributed by atoms with Crippen molar-refractivity contribution in [1.29, 1.82) is 5.26 Å². The molecular formula is C19H18N4O3S. The number of benzene rings is 1. The maximum atomic E-state index is 12.1. The van der Waals surface area contributed by atoms with E-state index in [0.29, 0.717) is 21.9 Å². The number of ether oxygens (including phenoxy) is 1. The number of nitrogens with one attached hydrogen (secondary N) is 2. The quantitative estimate of drug-likeness (QED) is 0.482. The molecule has 1 aromatic carbocycles. The summed E-state index contributed by atoms with van der Waals surface area (Å²) in [6.45, 7) is 0. The number of hydrogen-bond donors (Lipinski definition) is 2. The fourth-order valence-corrected chi connectivity index (χ4v) is 4.10. The summed E-state index contributed by atoms with van der Waals surface area (Å²) in [6, 6.07) is 9.25. The molecule has 0 saturated heterocycles. The Bertz CT molecular complexity index is 943. The molecule has 1 aliphatic rings. The van der Waals surface area contributed by atoms with Crippen LogP contribution in [0.2, 0.25) is 0 Å². The number of fused-ring (bicyclic) bond motifs is 1. The van der Waals surface area contributed by atoms with Crippen molar-refractivity contribution in [3.63, 3.8) is 0 Å². The first kappa shape index (κ1) is 18.6. The second-order valence-corrected chi connectivity index (χ2v) is 7.06. The summed E-state index contributed by atoms with van der Waals surface area (Å²) in [5.41, 5.74) is 4.37. The lowest BCUT2D eigenvalue weighted by atomic mass is 9.96. The zero-order chi connectivity index (χ0) is 19.2. The van der Waals surface area contributed by atoms with Gasteiger partial charge in [0.15, 0.2) is 0 Å². The minimum atomic E-state index is -0.899. The van der Waals surface area contributed by atoms with Gasteiger partial charge in [0, 0.05) is 4.88 Å². The first-order valence-electron chi connectivity index (χ1n) is 8.45. The van der Waals surface area contributed by atoms with Crippen molar-refractivity contribution in [3.05, 3.63) is 45.8 Å². The van der Waals surface area contributed by atoms with Crippen molar-refractivity contribution in [3.8, 4) is 11.8 Å². The van der Waals surface area contributed by atoms with Gasteiger partial charge in [0.1, 0.15) is 16.8 Å². The van der Waals surface area contributed by atoms with Crippen molar-refractivity contribution in [2.24, 2.45) is 5.10 Å². The molecule has 0 saturated carbocycles. The number of hydrazone groups is 1. The summed E-state index contributed by atoms with van der Waals surface area (Å²) in [7, 11) is 1.56. The van der Waals surface area contributed by atoms with E-state index in [1.54, 1.807) is 31.4 Å². The third-order valence-electron chi connectivity index (χ3n) is 4.19. The average molecular weight is 382 g/mol. The van der Waals surface area contributed by atoms with Crippen LogP contribution in [0.15, 0.2) is 29.4 Å². The summed E-state index contributed by atoms with van der Waals surface area (Å²) in [4.78, 5) is 25.2. The highest BCUT2D eigenvalue weighted by atomic mass is 32.1. The van der Waals surface area contributed by atoms with Crippen LogP contribution < -0.4 is 15.5 Å². The Morgan fingerprint density at radius 1 is 1.30 bits per heavy atom. The Balaban J connectivity index is 1.63. The molecule has 138 valence electrons. The van der Waals surface area contributed by atoms with Crippen LogP contribution in [0.5, 0.6) is 5.75 Å². The van der Waals surface area contributed by atoms with Gasteiger partial charge in [-0.05, 0) is 48.9 Å². The molecule has 2 aromatic rings. The molecule has 1 aromatic heterocycles. The smallest absolute Gasteiger partial charge is 0.329 e. The Morgan fingerprint density at radius 3 is 2.89 bits per heavy atom. The maximum absolute atomic E-state index is 12.1. The summed E-state index contributed by atoms with van der Waals surface area (Å²) < 4.78 is 5.10. The minimum absolute atomic E-state index is 0.432. The van der Waals surface area contributed by atoms with Gasteiger partial charge >= 0.3 is 11.8 Å². The molecule has 0 bridgehead atoms. The lowest BCUT2D eigenvalue weighted by molar-refractivity contribution is -0.136. The van der Waals surface area contributed by atoms with E-state index in [9.17, 15) is 14.9 Å². The largest absolute Gasteiger partial charge is 0.497 e. The highest BCUT2D eigenvalue weighted by Crippen LogP contribution is 2.37. The molecule has 2 N–H and O–H groups in total. The lowest BCUT2D eigenvalue weighted by Gasteiger charge is -2.09. The maximum Gasteiger partial charge on any atom is 0.329 e. The molecular weight excluding hydrogens is 364 g/mol. The summed E-state index contributed by atoms with van der Waals surface area (Å²) >= 11 is 1.37. The number of anilines is 1. The molecule has 0 aliphatic heterocycles. The molecule has 27 heavy (non-hydrogen) atoms. The third kappa shape index (κ3) is 4.33. The number of amides is 2. The molecule has 7 nitrogen and oxygen atoms in total. The molecule has 2 amide bonds. The van der Waals surface area contributed by atoms with Gasteiger partial charge in [-0.3, -0.25) is 9.59 Å². The Morgan fingerprint density at radius 2 is 2.11 bits per heavy atom. The van der Waals surface area contributed by atoms with E-state index in [1.807, 2.05) is 0 Å². The second kappa shape index (κ2) is 8.47. The van der Waals surface area contributed by atoms with Gasteiger partial charge < -0.3 is 10.1 Å². The fraction of sp³-hybridized carbons (Fsp3) is 0.263. The molecule has 1 aliphatic carbocycles. The standard InChI is InChI=1S/C19H18N4O3S/c1-26-13-6-4-5-12(9-13)11-21-23-18(25)17(24)22-19-15(10-20)14-7-2-3-8-16(14)27-19/h4-6,9,11H,2-3,7-8H2,1H3,(H,22,24)(H,23,25)/b21-11-. The van der Waals surface area contributed by atoms with Crippen LogP contribution in [-0.4, -0.2) is 25.1 Å². The first-order valence-corrected chi connectivity index (χ1v) is 9.27. The fourth-order valence-electron chi connectivity index (χ4n) is 2.87. The number of thiophene rings is 1. The normalized spacial score (nSPS) is 12.9. The lowest BCUT2D eigenvalue weighted by Crippen LogP contribution is -2.32. The highest BCUT2D eigenvalue weighted by molar-refractivity contribution is 7.16. The summed E-state index contributed by atoms with van der Waals surface area (Å²) in [5.74, 6) is -1.09. The van der Waals surface area contributed by atoms with E-state index < -0.39 is 11.8 Å². The van der Waals surface area contributed by atoms with E-state index in [-0.39, 0.29) is 0 Å². The zero-order valence-electron chi connectivity index (χ0n) is 14.7. The number of carbonyl (C=O) groups is 2. The number of methoxy groups -OCH3 is 1. The molecule has 3 rings (SSSR count). The second-order valence-electron chi connectivity index (χ2n) is 5.96. The average Bonchev–Trinajstić information content (AvgIpc) is 3.04. The van der Waals surface area contributed by atoms with Gasteiger partial charge in [0.25, 0.3) is 0 Å². The van der Waals surface area contributed by atoms with Crippen LogP contribution in [0.1, 0.15) is 34.4 Å². The van der Waals surface area contributed by atoms with E-state index in [4.69, 9.17) is 4.74 Å². The molecule has 0 fully saturated rings. The van der Waals surface area contributed by atoms with Gasteiger partial charge in [-0.2, -0.15) is 10.4 Å². The van der Waals surface area contributed by atoms with Crippen molar-refractivity contribution < 1.29 is 14.3 Å². The van der Waals surface area contributed by atoms with E-state index >= 15 is 0 Å². The van der Waals surface area contributed by atoms with Crippen LogP contribution >= 0.6 is 11.3 Å². The number of hydrogen-bond acceptors (Lipinski definition) is 6. The molecule has 0 radical (unpaired) electrons. The van der Waals surface area contributed by atoms with Crippen LogP contribution in [0.3, 0.4) is 0 Å². The van der Waals surface area contributed by atoms with Crippen LogP contribution in [0.4, 0.5) is 5.00 Å². The third-order valence-corrected chi connectivity index (χ3v) is 5.40. The molecule has 0 atom stereocenters. The van der Waals surface area contributed by atoms with Crippen LogP contribution in [0, 0.1) is 11.3 Å². The monoisotopic (exact) mass is 382 g/mol. The van der Waals surface area contributed by atoms with Crippen molar-refractivity contribution in [1.82, 2.24) is 5.43 Å². The number of nitrogens with zero attached hydrogens (tertiary/aromatic N) is 2. The number of nitriles is 1. The number of carbonyl (C=O) groups excluding carboxylic acids is 2. The van der Waals surface area contributed by atoms with Gasteiger partial charge in [0.05, 0.1) is 18.9 Å². The van der Waals surface area contributed by atoms with Crippen molar-refractivity contribution in [2.45, 2.75) is 25.7 Å². The zero-order valence-corrected chi connectivity index (χ0v) is 15.6. The number of rotatable bonds is 4. The molecule has 0 unspecified atom stereocenters. The van der Waals surface area contributed by atoms with Crippen LogP contribution in [0.25, 0.3) is 0 Å². The van der Waals surface area contributed by atoms with Crippen molar-refractivity contribution in [2.75, 3.05) is 12.4 Å². The van der Waals surface area contributed by atoms with E-state index in [2.05, 4.69) is 21.9 Å². The van der Waals surface area contributed by atoms with Crippen LogP contribution in [-0.2, 0) is 22.4 Å². The predicted molar refractivity (Wildman–Crippen MR) is 103 cm³/mol. The van der Waals surface area contributed by atoms with Gasteiger partial charge in [-0.15, -0.1) is 11.3 Å². The van der Waals surface area contributed by atoms with Crippen molar-refractivity contribution >= 4 is 34.4 Å². The van der Waals surface area contributed by atoms with Gasteiger partial charge in [-0.1, -0.05) is 12.1 Å². The minimum Gasteiger partial charge on any atom is -0.497 e. The Kier molecular flexibility index (Phi) is 5.84. The molecule has 8 heteroatoms. The van der Waals surface area contributed by atoms with Gasteiger partial charge in [-0.25, -0.2) is 5.43 Å². The van der Waals surface area contributed by atoms with E-state index in [1.165, 1.54) is 17.6 Å². The van der Waals surface area contributed by atoms with Gasteiger partial charge in [0.2, 0.25) is 0 Å². The molecule has 0 spiro atoms. The number of aryl methyl sites for hydroxylation is 1. The topological polar surface area (TPSA) is 104 Å². The summed E-state index contributed by atoms with van der Waals surface area (Å²) in [5, 5.41) is 16.1. The first-order chi connectivity index (χ1) is 13.1. The molecule has 1 heterocycles.